The lowest BCUT2D eigenvalue weighted by Crippen LogP contribution is -2.07. The Morgan fingerprint density at radius 2 is 1.41 bits per heavy atom. The van der Waals surface area contributed by atoms with Crippen LogP contribution in [0.15, 0.2) is 40.8 Å². The van der Waals surface area contributed by atoms with Crippen molar-refractivity contribution in [2.24, 2.45) is 17.8 Å². The molecular formula is C28H48O3S. The largest absolute Gasteiger partial charge is 0.296 e. The molecule has 1 rings (SSSR count). The first-order chi connectivity index (χ1) is 15.1. The summed E-state index contributed by atoms with van der Waals surface area (Å²) in [6, 6.07) is 6.77. The highest BCUT2D eigenvalue weighted by molar-refractivity contribution is 7.86. The van der Waals surface area contributed by atoms with E-state index in [2.05, 4.69) is 40.7 Å². The van der Waals surface area contributed by atoms with E-state index in [0.717, 1.165) is 29.7 Å². The number of rotatable bonds is 17. The van der Waals surface area contributed by atoms with Gasteiger partial charge in [-0.3, -0.25) is 4.18 Å². The molecule has 0 spiro atoms. The van der Waals surface area contributed by atoms with Crippen LogP contribution in [0.5, 0.6) is 0 Å². The van der Waals surface area contributed by atoms with Gasteiger partial charge in [0, 0.05) is 0 Å². The normalized spacial score (nSPS) is 14.7. The first-order valence-electron chi connectivity index (χ1n) is 12.7. The Morgan fingerprint density at radius 1 is 0.875 bits per heavy atom. The predicted molar refractivity (Wildman–Crippen MR) is 137 cm³/mol. The van der Waals surface area contributed by atoms with Crippen molar-refractivity contribution >= 4 is 10.1 Å². The Morgan fingerprint density at radius 3 is 1.97 bits per heavy atom. The average Bonchev–Trinajstić information content (AvgIpc) is 2.71. The van der Waals surface area contributed by atoms with Crippen LogP contribution in [0.3, 0.4) is 0 Å². The van der Waals surface area contributed by atoms with Crippen molar-refractivity contribution in [1.29, 1.82) is 0 Å². The highest BCUT2D eigenvalue weighted by Crippen LogP contribution is 2.22. The zero-order chi connectivity index (χ0) is 24.0. The van der Waals surface area contributed by atoms with Gasteiger partial charge in [-0.15, -0.1) is 0 Å². The Bertz CT molecular complexity index is 747. The molecule has 0 aliphatic carbocycles. The van der Waals surface area contributed by atoms with Crippen molar-refractivity contribution in [3.8, 4) is 0 Å². The molecule has 32 heavy (non-hydrogen) atoms. The molecule has 1 aromatic rings. The molecule has 0 aliphatic heterocycles. The van der Waals surface area contributed by atoms with Crippen LogP contribution in [0.1, 0.15) is 104 Å². The summed E-state index contributed by atoms with van der Waals surface area (Å²) < 4.78 is 29.6. The van der Waals surface area contributed by atoms with E-state index in [0.29, 0.717) is 6.42 Å². The van der Waals surface area contributed by atoms with Gasteiger partial charge in [-0.2, -0.15) is 8.42 Å². The van der Waals surface area contributed by atoms with Gasteiger partial charge in [-0.25, -0.2) is 0 Å². The Labute approximate surface area is 199 Å². The third-order valence-corrected chi connectivity index (χ3v) is 7.63. The van der Waals surface area contributed by atoms with Crippen molar-refractivity contribution < 1.29 is 12.6 Å². The predicted octanol–water partition coefficient (Wildman–Crippen LogP) is 8.48. The van der Waals surface area contributed by atoms with Gasteiger partial charge in [0.15, 0.2) is 0 Å². The summed E-state index contributed by atoms with van der Waals surface area (Å²) >= 11 is 0. The van der Waals surface area contributed by atoms with Gasteiger partial charge in [0.2, 0.25) is 0 Å². The van der Waals surface area contributed by atoms with Crippen LogP contribution in [0.4, 0.5) is 0 Å². The fourth-order valence-electron chi connectivity index (χ4n) is 4.05. The van der Waals surface area contributed by atoms with Gasteiger partial charge in [0.1, 0.15) is 0 Å². The highest BCUT2D eigenvalue weighted by atomic mass is 32.2. The molecule has 184 valence electrons. The molecule has 0 saturated carbocycles. The van der Waals surface area contributed by atoms with Crippen LogP contribution >= 0.6 is 0 Å². The first-order valence-corrected chi connectivity index (χ1v) is 14.1. The van der Waals surface area contributed by atoms with Crippen molar-refractivity contribution in [3.63, 3.8) is 0 Å². The molecule has 1 aromatic carbocycles. The van der Waals surface area contributed by atoms with Crippen LogP contribution in [-0.2, 0) is 14.3 Å². The summed E-state index contributed by atoms with van der Waals surface area (Å²) in [5.41, 5.74) is 2.36. The average molecular weight is 465 g/mol. The van der Waals surface area contributed by atoms with Crippen molar-refractivity contribution in [1.82, 2.24) is 0 Å². The number of benzene rings is 1. The second-order valence-corrected chi connectivity index (χ2v) is 11.9. The Balaban J connectivity index is 2.15. The molecule has 0 heterocycles. The van der Waals surface area contributed by atoms with Crippen molar-refractivity contribution in [2.45, 2.75) is 111 Å². The third kappa shape index (κ3) is 13.4. The van der Waals surface area contributed by atoms with Gasteiger partial charge in [-0.1, -0.05) is 102 Å². The van der Waals surface area contributed by atoms with Crippen molar-refractivity contribution in [2.75, 3.05) is 6.61 Å². The van der Waals surface area contributed by atoms with E-state index < -0.39 is 10.1 Å². The molecule has 0 amide bonds. The summed E-state index contributed by atoms with van der Waals surface area (Å²) in [7, 11) is -3.66. The third-order valence-electron chi connectivity index (χ3n) is 6.30. The lowest BCUT2D eigenvalue weighted by Gasteiger charge is -2.15. The summed E-state index contributed by atoms with van der Waals surface area (Å²) in [4.78, 5) is 0.225. The number of hydrogen-bond acceptors (Lipinski definition) is 3. The smallest absolute Gasteiger partial charge is 0.266 e. The zero-order valence-corrected chi connectivity index (χ0v) is 22.3. The summed E-state index contributed by atoms with van der Waals surface area (Å²) in [5, 5.41) is 0. The number of allylic oxidation sites excluding steroid dienone is 1. The van der Waals surface area contributed by atoms with E-state index in [1.807, 2.05) is 6.92 Å². The summed E-state index contributed by atoms with van der Waals surface area (Å²) in [5.74, 6) is 2.48. The van der Waals surface area contributed by atoms with Gasteiger partial charge < -0.3 is 0 Å². The van der Waals surface area contributed by atoms with Gasteiger partial charge in [0.25, 0.3) is 10.1 Å². The van der Waals surface area contributed by atoms with Crippen LogP contribution in [-0.4, -0.2) is 15.0 Å². The van der Waals surface area contributed by atoms with Crippen LogP contribution in [0.25, 0.3) is 0 Å². The fourth-order valence-corrected chi connectivity index (χ4v) is 4.97. The van der Waals surface area contributed by atoms with Crippen LogP contribution in [0.2, 0.25) is 0 Å². The number of aryl methyl sites for hydroxylation is 1. The molecular weight excluding hydrogens is 416 g/mol. The minimum atomic E-state index is -3.66. The van der Waals surface area contributed by atoms with E-state index >= 15 is 0 Å². The quantitative estimate of drug-likeness (QED) is 0.132. The zero-order valence-electron chi connectivity index (χ0n) is 21.5. The molecule has 3 nitrogen and oxygen atoms in total. The second kappa shape index (κ2) is 15.7. The maximum absolute atomic E-state index is 12.2. The summed E-state index contributed by atoms with van der Waals surface area (Å²) in [6.45, 7) is 13.7. The molecule has 2 unspecified atom stereocenters. The second-order valence-electron chi connectivity index (χ2n) is 10.3. The summed E-state index contributed by atoms with van der Waals surface area (Å²) in [6.07, 6.45) is 14.5. The topological polar surface area (TPSA) is 43.4 Å². The molecule has 0 fully saturated rings. The Kier molecular flexibility index (Phi) is 14.1. The standard InChI is InChI=1S/C28H48O3S/c1-23(2)11-7-12-24(3)13-8-14-25(4)15-9-16-26(5)17-10-22-31-32(29,30)28-20-18-27(6)19-21-28/h17-21,23-25H,7-16,22H2,1-6H3. The minimum absolute atomic E-state index is 0.194. The number of hydrogen-bond donors (Lipinski definition) is 0. The van der Waals surface area contributed by atoms with E-state index in [1.54, 1.807) is 24.3 Å². The van der Waals surface area contributed by atoms with Gasteiger partial charge in [-0.05, 0) is 63.0 Å². The van der Waals surface area contributed by atoms with E-state index in [1.165, 1.54) is 56.9 Å². The van der Waals surface area contributed by atoms with Crippen LogP contribution in [0, 0.1) is 24.7 Å². The van der Waals surface area contributed by atoms with E-state index in [9.17, 15) is 8.42 Å². The monoisotopic (exact) mass is 464 g/mol. The molecule has 0 N–H and O–H groups in total. The minimum Gasteiger partial charge on any atom is -0.266 e. The first kappa shape index (κ1) is 28.9. The highest BCUT2D eigenvalue weighted by Gasteiger charge is 2.14. The molecule has 4 heteroatoms. The molecule has 0 radical (unpaired) electrons. The Hall–Kier alpha value is -1.13. The molecule has 0 saturated heterocycles. The lowest BCUT2D eigenvalue weighted by atomic mass is 9.91. The van der Waals surface area contributed by atoms with E-state index in [-0.39, 0.29) is 11.5 Å². The molecule has 0 aliphatic rings. The van der Waals surface area contributed by atoms with Crippen LogP contribution < -0.4 is 0 Å². The van der Waals surface area contributed by atoms with E-state index in [4.69, 9.17) is 4.18 Å². The van der Waals surface area contributed by atoms with Gasteiger partial charge in [0.05, 0.1) is 11.5 Å². The maximum atomic E-state index is 12.2. The lowest BCUT2D eigenvalue weighted by molar-refractivity contribution is 0.324. The molecule has 2 atom stereocenters. The van der Waals surface area contributed by atoms with Gasteiger partial charge >= 0.3 is 0 Å². The molecule has 0 aromatic heterocycles. The maximum Gasteiger partial charge on any atom is 0.296 e. The van der Waals surface area contributed by atoms with Crippen molar-refractivity contribution in [3.05, 3.63) is 41.5 Å². The SMILES string of the molecule is CC(=CCCOS(=O)(=O)c1ccc(C)cc1)CCCC(C)CCCC(C)CCCC(C)C. The molecule has 0 bridgehead atoms. The fraction of sp³-hybridized carbons (Fsp3) is 0.714.